The van der Waals surface area contributed by atoms with Crippen molar-refractivity contribution in [3.05, 3.63) is 0 Å². The fourth-order valence-corrected chi connectivity index (χ4v) is 2.57. The molecule has 0 aromatic rings. The van der Waals surface area contributed by atoms with Crippen LogP contribution in [0.4, 0.5) is 0 Å². The lowest BCUT2D eigenvalue weighted by molar-refractivity contribution is -0.158. The van der Waals surface area contributed by atoms with E-state index in [-0.39, 0.29) is 12.1 Å². The first-order valence-corrected chi connectivity index (χ1v) is 6.88. The van der Waals surface area contributed by atoms with Gasteiger partial charge in [-0.2, -0.15) is 0 Å². The quantitative estimate of drug-likeness (QED) is 0.752. The first-order valence-electron chi connectivity index (χ1n) is 6.88. The van der Waals surface area contributed by atoms with Crippen LogP contribution in [0.5, 0.6) is 0 Å². The number of carbonyl (C=O) groups excluding carboxylic acids is 1. The Bertz CT molecular complexity index is 247. The van der Waals surface area contributed by atoms with Crippen molar-refractivity contribution in [1.29, 1.82) is 0 Å². The van der Waals surface area contributed by atoms with Gasteiger partial charge in [0.05, 0.1) is 0 Å². The van der Waals surface area contributed by atoms with Crippen LogP contribution in [0.15, 0.2) is 0 Å². The van der Waals surface area contributed by atoms with Gasteiger partial charge in [0, 0.05) is 0 Å². The molecule has 3 nitrogen and oxygen atoms in total. The van der Waals surface area contributed by atoms with E-state index < -0.39 is 5.54 Å². The van der Waals surface area contributed by atoms with Gasteiger partial charge < -0.3 is 10.1 Å². The van der Waals surface area contributed by atoms with Crippen LogP contribution in [0.3, 0.4) is 0 Å². The van der Waals surface area contributed by atoms with E-state index in [0.29, 0.717) is 5.92 Å². The van der Waals surface area contributed by atoms with Gasteiger partial charge in [0.15, 0.2) is 0 Å². The van der Waals surface area contributed by atoms with Gasteiger partial charge in [-0.15, -0.1) is 0 Å². The summed E-state index contributed by atoms with van der Waals surface area (Å²) in [7, 11) is 1.84. The standard InChI is InChI=1S/C14H27NO2/c1-11(2)10-14(3,15-4)13(16)17-12-8-6-5-7-9-12/h11-12,15H,5-10H2,1-4H3. The second-order valence-electron chi connectivity index (χ2n) is 5.85. The fourth-order valence-electron chi connectivity index (χ4n) is 2.57. The van der Waals surface area contributed by atoms with Crippen LogP contribution in [0, 0.1) is 5.92 Å². The number of esters is 1. The predicted molar refractivity (Wildman–Crippen MR) is 69.9 cm³/mol. The van der Waals surface area contributed by atoms with Gasteiger partial charge in [-0.3, -0.25) is 4.79 Å². The third-order valence-corrected chi connectivity index (χ3v) is 3.64. The Labute approximate surface area is 105 Å². The largest absolute Gasteiger partial charge is 0.461 e. The molecule has 1 rings (SSSR count). The van der Waals surface area contributed by atoms with E-state index >= 15 is 0 Å². The highest BCUT2D eigenvalue weighted by Crippen LogP contribution is 2.24. The maximum absolute atomic E-state index is 12.2. The van der Waals surface area contributed by atoms with E-state index in [0.717, 1.165) is 19.3 Å². The molecule has 100 valence electrons. The molecule has 1 atom stereocenters. The van der Waals surface area contributed by atoms with E-state index in [1.165, 1.54) is 19.3 Å². The highest BCUT2D eigenvalue weighted by molar-refractivity contribution is 5.80. The van der Waals surface area contributed by atoms with Crippen molar-refractivity contribution < 1.29 is 9.53 Å². The molecule has 1 fully saturated rings. The lowest BCUT2D eigenvalue weighted by atomic mass is 9.90. The van der Waals surface area contributed by atoms with Crippen molar-refractivity contribution in [3.8, 4) is 0 Å². The summed E-state index contributed by atoms with van der Waals surface area (Å²) in [6.45, 7) is 6.20. The molecule has 0 aromatic heterocycles. The molecule has 1 saturated carbocycles. The van der Waals surface area contributed by atoms with Gasteiger partial charge in [-0.25, -0.2) is 0 Å². The zero-order valence-electron chi connectivity index (χ0n) is 11.7. The van der Waals surface area contributed by atoms with Gasteiger partial charge in [0.25, 0.3) is 0 Å². The van der Waals surface area contributed by atoms with Crippen LogP contribution < -0.4 is 5.32 Å². The van der Waals surface area contributed by atoms with E-state index in [4.69, 9.17) is 4.74 Å². The summed E-state index contributed by atoms with van der Waals surface area (Å²) in [6, 6.07) is 0. The topological polar surface area (TPSA) is 38.3 Å². The van der Waals surface area contributed by atoms with Crippen LogP contribution in [0.25, 0.3) is 0 Å². The zero-order chi connectivity index (χ0) is 12.9. The molecule has 0 radical (unpaired) electrons. The summed E-state index contributed by atoms with van der Waals surface area (Å²) in [4.78, 5) is 12.2. The first-order chi connectivity index (χ1) is 7.98. The van der Waals surface area contributed by atoms with Crippen molar-refractivity contribution in [1.82, 2.24) is 5.32 Å². The third-order valence-electron chi connectivity index (χ3n) is 3.64. The molecular weight excluding hydrogens is 214 g/mol. The zero-order valence-corrected chi connectivity index (χ0v) is 11.7. The normalized spacial score (nSPS) is 21.2. The first kappa shape index (κ1) is 14.5. The maximum Gasteiger partial charge on any atom is 0.326 e. The Morgan fingerprint density at radius 1 is 1.35 bits per heavy atom. The van der Waals surface area contributed by atoms with Gasteiger partial charge in [-0.05, 0) is 52.0 Å². The van der Waals surface area contributed by atoms with Gasteiger partial charge in [0.1, 0.15) is 11.6 Å². The van der Waals surface area contributed by atoms with Crippen molar-refractivity contribution in [2.45, 2.75) is 70.9 Å². The fraction of sp³-hybridized carbons (Fsp3) is 0.929. The molecule has 0 aliphatic heterocycles. The summed E-state index contributed by atoms with van der Waals surface area (Å²) in [5, 5.41) is 3.12. The minimum absolute atomic E-state index is 0.0828. The molecule has 0 saturated heterocycles. The van der Waals surface area contributed by atoms with Crippen molar-refractivity contribution in [2.75, 3.05) is 7.05 Å². The van der Waals surface area contributed by atoms with Crippen molar-refractivity contribution in [2.24, 2.45) is 5.92 Å². The third kappa shape index (κ3) is 4.30. The second-order valence-corrected chi connectivity index (χ2v) is 5.85. The maximum atomic E-state index is 12.2. The van der Waals surface area contributed by atoms with E-state index in [1.54, 1.807) is 0 Å². The average Bonchev–Trinajstić information content (AvgIpc) is 2.29. The molecule has 1 N–H and O–H groups in total. The molecular formula is C14H27NO2. The molecule has 0 bridgehead atoms. The Kier molecular flexibility index (Phi) is 5.44. The van der Waals surface area contributed by atoms with E-state index in [2.05, 4.69) is 19.2 Å². The van der Waals surface area contributed by atoms with Gasteiger partial charge in [-0.1, -0.05) is 20.3 Å². The summed E-state index contributed by atoms with van der Waals surface area (Å²) >= 11 is 0. The van der Waals surface area contributed by atoms with Crippen LogP contribution in [0.1, 0.15) is 59.3 Å². The molecule has 1 aliphatic carbocycles. The molecule has 1 unspecified atom stereocenters. The number of rotatable bonds is 5. The predicted octanol–water partition coefficient (Wildman–Crippen LogP) is 2.89. The SMILES string of the molecule is CNC(C)(CC(C)C)C(=O)OC1CCCCC1. The number of ether oxygens (including phenoxy) is 1. The van der Waals surface area contributed by atoms with E-state index in [1.807, 2.05) is 14.0 Å². The Morgan fingerprint density at radius 3 is 2.41 bits per heavy atom. The highest BCUT2D eigenvalue weighted by atomic mass is 16.5. The highest BCUT2D eigenvalue weighted by Gasteiger charge is 2.35. The number of carbonyl (C=O) groups is 1. The molecule has 1 aliphatic rings. The van der Waals surface area contributed by atoms with Crippen LogP contribution >= 0.6 is 0 Å². The van der Waals surface area contributed by atoms with Crippen LogP contribution in [-0.4, -0.2) is 24.7 Å². The Hall–Kier alpha value is -0.570. The van der Waals surface area contributed by atoms with E-state index in [9.17, 15) is 4.79 Å². The summed E-state index contributed by atoms with van der Waals surface area (Å²) in [5.41, 5.74) is -0.536. The molecule has 0 amide bonds. The van der Waals surface area contributed by atoms with Crippen molar-refractivity contribution >= 4 is 5.97 Å². The smallest absolute Gasteiger partial charge is 0.326 e. The van der Waals surface area contributed by atoms with Crippen LogP contribution in [-0.2, 0) is 9.53 Å². The molecule has 17 heavy (non-hydrogen) atoms. The minimum Gasteiger partial charge on any atom is -0.461 e. The summed E-state index contributed by atoms with van der Waals surface area (Å²) in [6.07, 6.45) is 6.70. The van der Waals surface area contributed by atoms with Gasteiger partial charge in [0.2, 0.25) is 0 Å². The molecule has 0 spiro atoms. The summed E-state index contributed by atoms with van der Waals surface area (Å²) < 4.78 is 5.65. The number of likely N-dealkylation sites (N-methyl/N-ethyl adjacent to an activating group) is 1. The summed E-state index contributed by atoms with van der Waals surface area (Å²) in [5.74, 6) is 0.395. The number of hydrogen-bond donors (Lipinski definition) is 1. The van der Waals surface area contributed by atoms with Crippen molar-refractivity contribution in [3.63, 3.8) is 0 Å². The molecule has 3 heteroatoms. The lowest BCUT2D eigenvalue weighted by Crippen LogP contribution is -2.50. The number of nitrogens with one attached hydrogen (secondary N) is 1. The minimum atomic E-state index is -0.536. The average molecular weight is 241 g/mol. The number of hydrogen-bond acceptors (Lipinski definition) is 3. The Morgan fingerprint density at radius 2 is 1.94 bits per heavy atom. The Balaban J connectivity index is 2.52. The lowest BCUT2D eigenvalue weighted by Gasteiger charge is -2.32. The monoisotopic (exact) mass is 241 g/mol. The molecule has 0 heterocycles. The van der Waals surface area contributed by atoms with Gasteiger partial charge >= 0.3 is 5.97 Å². The second kappa shape index (κ2) is 6.39. The molecule has 0 aromatic carbocycles. The van der Waals surface area contributed by atoms with Crippen LogP contribution in [0.2, 0.25) is 0 Å².